The summed E-state index contributed by atoms with van der Waals surface area (Å²) in [6.45, 7) is 0.528. The molecule has 3 aromatic rings. The van der Waals surface area contributed by atoms with Gasteiger partial charge in [0, 0.05) is 23.8 Å². The average Bonchev–Trinajstić information content (AvgIpc) is 2.64. The van der Waals surface area contributed by atoms with Gasteiger partial charge >= 0.3 is 0 Å². The molecule has 0 atom stereocenters. The van der Waals surface area contributed by atoms with Crippen LogP contribution in [0.4, 0.5) is 11.5 Å². The molecule has 1 aromatic heterocycles. The summed E-state index contributed by atoms with van der Waals surface area (Å²) in [7, 11) is 1.75. The number of nitrogens with zero attached hydrogens (tertiary/aromatic N) is 3. The average molecular weight is 397 g/mol. The lowest BCUT2D eigenvalue weighted by Crippen LogP contribution is -2.27. The maximum absolute atomic E-state index is 12.5. The zero-order valence-corrected chi connectivity index (χ0v) is 15.3. The molecular formula is C19H17BrN4O. The van der Waals surface area contributed by atoms with Crippen LogP contribution in [-0.2, 0) is 6.54 Å². The summed E-state index contributed by atoms with van der Waals surface area (Å²) in [6, 6.07) is 21.0. The standard InChI is InChI=1S/C19H17BrN4O/c1-24(13-14-5-3-2-4-6-14)19(25)17-11-12-18(23-22-17)21-16-9-7-15(20)8-10-16/h2-12H,13H2,1H3,(H,21,23). The Bertz CT molecular complexity index is 836. The van der Waals surface area contributed by atoms with E-state index in [2.05, 4.69) is 31.4 Å². The van der Waals surface area contributed by atoms with Gasteiger partial charge in [-0.15, -0.1) is 10.2 Å². The van der Waals surface area contributed by atoms with E-state index in [1.165, 1.54) is 0 Å². The van der Waals surface area contributed by atoms with Crippen LogP contribution in [-0.4, -0.2) is 28.1 Å². The van der Waals surface area contributed by atoms with Crippen molar-refractivity contribution in [2.45, 2.75) is 6.54 Å². The van der Waals surface area contributed by atoms with Crippen LogP contribution in [0.25, 0.3) is 0 Å². The van der Waals surface area contributed by atoms with Gasteiger partial charge in [0.1, 0.15) is 0 Å². The van der Waals surface area contributed by atoms with Gasteiger partial charge in [0.2, 0.25) is 0 Å². The van der Waals surface area contributed by atoms with Crippen molar-refractivity contribution in [3.05, 3.63) is 82.5 Å². The Hall–Kier alpha value is -2.73. The Balaban J connectivity index is 1.64. The first-order chi connectivity index (χ1) is 12.1. The number of hydrogen-bond acceptors (Lipinski definition) is 4. The van der Waals surface area contributed by atoms with Gasteiger partial charge < -0.3 is 10.2 Å². The molecule has 0 saturated carbocycles. The number of aromatic nitrogens is 2. The molecule has 0 fully saturated rings. The van der Waals surface area contributed by atoms with Crippen LogP contribution in [0.15, 0.2) is 71.2 Å². The predicted molar refractivity (Wildman–Crippen MR) is 102 cm³/mol. The molecule has 1 N–H and O–H groups in total. The highest BCUT2D eigenvalue weighted by Gasteiger charge is 2.14. The summed E-state index contributed by atoms with van der Waals surface area (Å²) >= 11 is 3.40. The monoisotopic (exact) mass is 396 g/mol. The second kappa shape index (κ2) is 7.90. The second-order valence-electron chi connectivity index (χ2n) is 5.58. The normalized spacial score (nSPS) is 10.3. The highest BCUT2D eigenvalue weighted by molar-refractivity contribution is 9.10. The molecule has 126 valence electrons. The van der Waals surface area contributed by atoms with E-state index in [0.29, 0.717) is 18.1 Å². The van der Waals surface area contributed by atoms with E-state index < -0.39 is 0 Å². The highest BCUT2D eigenvalue weighted by atomic mass is 79.9. The Morgan fingerprint density at radius 1 is 1.00 bits per heavy atom. The Labute approximate surface area is 154 Å². The van der Waals surface area contributed by atoms with E-state index in [1.54, 1.807) is 24.1 Å². The van der Waals surface area contributed by atoms with Gasteiger partial charge in [-0.3, -0.25) is 4.79 Å². The van der Waals surface area contributed by atoms with Crippen LogP contribution in [0.3, 0.4) is 0 Å². The van der Waals surface area contributed by atoms with Crippen LogP contribution >= 0.6 is 15.9 Å². The minimum absolute atomic E-state index is 0.161. The number of hydrogen-bond donors (Lipinski definition) is 1. The number of halogens is 1. The topological polar surface area (TPSA) is 58.1 Å². The first-order valence-electron chi connectivity index (χ1n) is 7.77. The molecule has 5 nitrogen and oxygen atoms in total. The largest absolute Gasteiger partial charge is 0.339 e. The van der Waals surface area contributed by atoms with Gasteiger partial charge in [-0.2, -0.15) is 0 Å². The van der Waals surface area contributed by atoms with Gasteiger partial charge in [-0.25, -0.2) is 0 Å². The van der Waals surface area contributed by atoms with Crippen LogP contribution < -0.4 is 5.32 Å². The van der Waals surface area contributed by atoms with Gasteiger partial charge in [0.25, 0.3) is 5.91 Å². The SMILES string of the molecule is CN(Cc1ccccc1)C(=O)c1ccc(Nc2ccc(Br)cc2)nn1. The summed E-state index contributed by atoms with van der Waals surface area (Å²) in [5, 5.41) is 11.3. The van der Waals surface area contributed by atoms with Crippen LogP contribution in [0, 0.1) is 0 Å². The van der Waals surface area contributed by atoms with E-state index in [0.717, 1.165) is 15.7 Å². The van der Waals surface area contributed by atoms with Crippen LogP contribution in [0.1, 0.15) is 16.1 Å². The molecule has 6 heteroatoms. The molecule has 0 unspecified atom stereocenters. The smallest absolute Gasteiger partial charge is 0.274 e. The summed E-state index contributed by atoms with van der Waals surface area (Å²) < 4.78 is 1.01. The van der Waals surface area contributed by atoms with Gasteiger partial charge in [0.05, 0.1) is 0 Å². The molecule has 2 aromatic carbocycles. The molecular weight excluding hydrogens is 380 g/mol. The minimum atomic E-state index is -0.161. The Kier molecular flexibility index (Phi) is 5.40. The van der Waals surface area contributed by atoms with Gasteiger partial charge in [0.15, 0.2) is 11.5 Å². The molecule has 3 rings (SSSR count). The number of carbonyl (C=O) groups excluding carboxylic acids is 1. The fourth-order valence-electron chi connectivity index (χ4n) is 2.32. The fraction of sp³-hybridized carbons (Fsp3) is 0.105. The summed E-state index contributed by atoms with van der Waals surface area (Å²) in [4.78, 5) is 14.1. The zero-order valence-electron chi connectivity index (χ0n) is 13.7. The number of rotatable bonds is 5. The van der Waals surface area contributed by atoms with Crippen molar-refractivity contribution in [3.63, 3.8) is 0 Å². The maximum atomic E-state index is 12.5. The molecule has 0 aliphatic carbocycles. The highest BCUT2D eigenvalue weighted by Crippen LogP contribution is 2.17. The maximum Gasteiger partial charge on any atom is 0.274 e. The molecule has 1 heterocycles. The van der Waals surface area contributed by atoms with Crippen molar-refractivity contribution >= 4 is 33.3 Å². The van der Waals surface area contributed by atoms with E-state index in [-0.39, 0.29) is 5.91 Å². The number of benzene rings is 2. The van der Waals surface area contributed by atoms with Crippen LogP contribution in [0.2, 0.25) is 0 Å². The number of anilines is 2. The summed E-state index contributed by atoms with van der Waals surface area (Å²) in [5.74, 6) is 0.427. The van der Waals surface area contributed by atoms with Crippen molar-refractivity contribution in [2.24, 2.45) is 0 Å². The quantitative estimate of drug-likeness (QED) is 0.699. The van der Waals surface area contributed by atoms with E-state index >= 15 is 0 Å². The third-order valence-electron chi connectivity index (χ3n) is 3.61. The van der Waals surface area contributed by atoms with E-state index in [1.807, 2.05) is 54.6 Å². The molecule has 0 saturated heterocycles. The molecule has 25 heavy (non-hydrogen) atoms. The molecule has 0 spiro atoms. The zero-order chi connectivity index (χ0) is 17.6. The van der Waals surface area contributed by atoms with Crippen molar-refractivity contribution in [1.29, 1.82) is 0 Å². The first kappa shape index (κ1) is 17.1. The number of amides is 1. The molecule has 1 amide bonds. The molecule has 0 radical (unpaired) electrons. The van der Waals surface area contributed by atoms with Crippen LogP contribution in [0.5, 0.6) is 0 Å². The van der Waals surface area contributed by atoms with E-state index in [4.69, 9.17) is 0 Å². The van der Waals surface area contributed by atoms with Gasteiger partial charge in [-0.05, 0) is 42.0 Å². The molecule has 0 aliphatic rings. The molecule has 0 aliphatic heterocycles. The number of nitrogens with one attached hydrogen (secondary N) is 1. The van der Waals surface area contributed by atoms with Gasteiger partial charge in [-0.1, -0.05) is 46.3 Å². The third kappa shape index (κ3) is 4.64. The number of carbonyl (C=O) groups is 1. The first-order valence-corrected chi connectivity index (χ1v) is 8.57. The van der Waals surface area contributed by atoms with Crippen molar-refractivity contribution in [3.8, 4) is 0 Å². The predicted octanol–water partition coefficient (Wildman–Crippen LogP) is 4.25. The van der Waals surface area contributed by atoms with E-state index in [9.17, 15) is 4.79 Å². The Morgan fingerprint density at radius 2 is 1.72 bits per heavy atom. The van der Waals surface area contributed by atoms with Crippen molar-refractivity contribution in [1.82, 2.24) is 15.1 Å². The summed E-state index contributed by atoms with van der Waals surface area (Å²) in [6.07, 6.45) is 0. The minimum Gasteiger partial charge on any atom is -0.339 e. The second-order valence-corrected chi connectivity index (χ2v) is 6.50. The summed E-state index contributed by atoms with van der Waals surface area (Å²) in [5.41, 5.74) is 2.29. The van der Waals surface area contributed by atoms with Crippen molar-refractivity contribution in [2.75, 3.05) is 12.4 Å². The Morgan fingerprint density at radius 3 is 2.36 bits per heavy atom. The van der Waals surface area contributed by atoms with Crippen molar-refractivity contribution < 1.29 is 4.79 Å². The lowest BCUT2D eigenvalue weighted by Gasteiger charge is -2.16. The molecule has 0 bridgehead atoms. The lowest BCUT2D eigenvalue weighted by molar-refractivity contribution is 0.0778. The fourth-order valence-corrected chi connectivity index (χ4v) is 2.58. The third-order valence-corrected chi connectivity index (χ3v) is 4.14. The lowest BCUT2D eigenvalue weighted by atomic mass is 10.2.